The van der Waals surface area contributed by atoms with E-state index in [1.165, 1.54) is 6.07 Å². The summed E-state index contributed by atoms with van der Waals surface area (Å²) in [5, 5.41) is 9.07. The maximum atomic E-state index is 13.8. The molecule has 1 fully saturated rings. The molecule has 5 rings (SSSR count). The lowest BCUT2D eigenvalue weighted by Crippen LogP contribution is -2.36. The summed E-state index contributed by atoms with van der Waals surface area (Å²) in [6.07, 6.45) is -3.66. The fourth-order valence-corrected chi connectivity index (χ4v) is 5.16. The summed E-state index contributed by atoms with van der Waals surface area (Å²) in [5.74, 6) is 0.0809. The van der Waals surface area contributed by atoms with Crippen LogP contribution in [0.1, 0.15) is 52.7 Å². The van der Waals surface area contributed by atoms with Crippen molar-refractivity contribution < 1.29 is 37.3 Å². The standard InChI is InChI=1S/C25H26F3NO5/c26-25(27,28)21-5-3-19-18(20(21)13-29-7-9-32-10-8-29)4-6-22(19)34-16-1-2-17-15(11-24(30)31)14-33-23(17)12-16/h1-3,5,12,15,22H,4,6-11,13-14H2,(H,30,31). The second-order valence-electron chi connectivity index (χ2n) is 9.00. The molecular formula is C25H26F3NO5. The van der Waals surface area contributed by atoms with Crippen molar-refractivity contribution in [1.29, 1.82) is 0 Å². The fourth-order valence-electron chi connectivity index (χ4n) is 5.16. The molecule has 34 heavy (non-hydrogen) atoms. The Morgan fingerprint density at radius 2 is 1.91 bits per heavy atom. The minimum atomic E-state index is -4.42. The van der Waals surface area contributed by atoms with Crippen LogP contribution in [0.5, 0.6) is 11.5 Å². The van der Waals surface area contributed by atoms with Crippen molar-refractivity contribution in [3.63, 3.8) is 0 Å². The highest BCUT2D eigenvalue weighted by atomic mass is 19.4. The highest BCUT2D eigenvalue weighted by Gasteiger charge is 2.38. The molecule has 9 heteroatoms. The first kappa shape index (κ1) is 23.0. The number of carboxylic acids is 1. The lowest BCUT2D eigenvalue weighted by Gasteiger charge is -2.29. The van der Waals surface area contributed by atoms with Crippen molar-refractivity contribution in [3.05, 3.63) is 58.1 Å². The zero-order valence-electron chi connectivity index (χ0n) is 18.6. The van der Waals surface area contributed by atoms with Gasteiger partial charge in [-0.25, -0.2) is 0 Å². The molecule has 0 spiro atoms. The number of ether oxygens (including phenoxy) is 3. The smallest absolute Gasteiger partial charge is 0.416 e. The van der Waals surface area contributed by atoms with Crippen LogP contribution in [0.3, 0.4) is 0 Å². The van der Waals surface area contributed by atoms with Gasteiger partial charge in [-0.05, 0) is 41.7 Å². The van der Waals surface area contributed by atoms with E-state index in [2.05, 4.69) is 0 Å². The van der Waals surface area contributed by atoms with Gasteiger partial charge in [-0.15, -0.1) is 0 Å². The molecule has 2 aromatic rings. The van der Waals surface area contributed by atoms with Gasteiger partial charge in [0.1, 0.15) is 17.6 Å². The average molecular weight is 477 g/mol. The summed E-state index contributed by atoms with van der Waals surface area (Å²) in [5.41, 5.74) is 2.12. The molecule has 1 saturated heterocycles. The van der Waals surface area contributed by atoms with E-state index in [0.717, 1.165) is 16.7 Å². The lowest BCUT2D eigenvalue weighted by atomic mass is 9.96. The van der Waals surface area contributed by atoms with Gasteiger partial charge < -0.3 is 19.3 Å². The Kier molecular flexibility index (Phi) is 6.16. The molecular weight excluding hydrogens is 451 g/mol. The van der Waals surface area contributed by atoms with E-state index in [1.807, 2.05) is 11.0 Å². The Balaban J connectivity index is 1.39. The van der Waals surface area contributed by atoms with Crippen molar-refractivity contribution in [2.24, 2.45) is 0 Å². The SMILES string of the molecule is O=C(O)CC1COc2cc(OC3CCc4c3ccc(C(F)(F)F)c4CN3CCOCC3)ccc21. The van der Waals surface area contributed by atoms with Crippen molar-refractivity contribution >= 4 is 5.97 Å². The van der Waals surface area contributed by atoms with Crippen LogP contribution in [-0.4, -0.2) is 48.9 Å². The van der Waals surface area contributed by atoms with E-state index < -0.39 is 17.7 Å². The Labute approximate surface area is 195 Å². The van der Waals surface area contributed by atoms with Gasteiger partial charge in [0.15, 0.2) is 0 Å². The number of morpholine rings is 1. The van der Waals surface area contributed by atoms with Gasteiger partial charge in [0, 0.05) is 37.2 Å². The summed E-state index contributed by atoms with van der Waals surface area (Å²) < 4.78 is 58.7. The second kappa shape index (κ2) is 9.11. The van der Waals surface area contributed by atoms with Crippen molar-refractivity contribution in [2.75, 3.05) is 32.9 Å². The first-order valence-corrected chi connectivity index (χ1v) is 11.5. The molecule has 0 saturated carbocycles. The summed E-state index contributed by atoms with van der Waals surface area (Å²) in [4.78, 5) is 13.1. The van der Waals surface area contributed by atoms with Crippen LogP contribution in [0.15, 0.2) is 30.3 Å². The van der Waals surface area contributed by atoms with Gasteiger partial charge in [0.05, 0.1) is 31.8 Å². The maximum Gasteiger partial charge on any atom is 0.416 e. The third-order valence-electron chi connectivity index (χ3n) is 6.83. The predicted octanol–water partition coefficient (Wildman–Crippen LogP) is 4.55. The molecule has 182 valence electrons. The van der Waals surface area contributed by atoms with Crippen molar-refractivity contribution in [3.8, 4) is 11.5 Å². The fraction of sp³-hybridized carbons (Fsp3) is 0.480. The predicted molar refractivity (Wildman–Crippen MR) is 116 cm³/mol. The topological polar surface area (TPSA) is 68.2 Å². The van der Waals surface area contributed by atoms with Gasteiger partial charge in [0.2, 0.25) is 0 Å². The van der Waals surface area contributed by atoms with Gasteiger partial charge >= 0.3 is 12.1 Å². The molecule has 0 amide bonds. The number of rotatable bonds is 6. The molecule has 1 aliphatic carbocycles. The molecule has 3 aliphatic rings. The van der Waals surface area contributed by atoms with Gasteiger partial charge in [0.25, 0.3) is 0 Å². The van der Waals surface area contributed by atoms with Crippen LogP contribution in [0.4, 0.5) is 13.2 Å². The average Bonchev–Trinajstić information content (AvgIpc) is 3.38. The van der Waals surface area contributed by atoms with Crippen LogP contribution >= 0.6 is 0 Å². The second-order valence-corrected chi connectivity index (χ2v) is 9.00. The minimum Gasteiger partial charge on any atom is -0.492 e. The molecule has 0 radical (unpaired) electrons. The molecule has 2 aromatic carbocycles. The summed E-state index contributed by atoms with van der Waals surface area (Å²) in [6.45, 7) is 2.82. The number of carbonyl (C=O) groups is 1. The quantitative estimate of drug-likeness (QED) is 0.658. The number of nitrogens with zero attached hydrogens (tertiary/aromatic N) is 1. The number of benzene rings is 2. The van der Waals surface area contributed by atoms with Gasteiger partial charge in [-0.1, -0.05) is 12.1 Å². The molecule has 2 aliphatic heterocycles. The van der Waals surface area contributed by atoms with E-state index in [1.54, 1.807) is 18.2 Å². The molecule has 1 N–H and O–H groups in total. The number of halogens is 3. The van der Waals surface area contributed by atoms with Crippen LogP contribution in [-0.2, 0) is 28.7 Å². The lowest BCUT2D eigenvalue weighted by molar-refractivity contribution is -0.139. The van der Waals surface area contributed by atoms with Crippen LogP contribution in [0, 0.1) is 0 Å². The van der Waals surface area contributed by atoms with E-state index in [-0.39, 0.29) is 25.0 Å². The monoisotopic (exact) mass is 477 g/mol. The summed E-state index contributed by atoms with van der Waals surface area (Å²) >= 11 is 0. The normalized spacial score (nSPS) is 22.2. The number of aliphatic carboxylic acids is 1. The third-order valence-corrected chi connectivity index (χ3v) is 6.83. The number of fused-ring (bicyclic) bond motifs is 2. The van der Waals surface area contributed by atoms with E-state index in [0.29, 0.717) is 62.8 Å². The Hall–Kier alpha value is -2.78. The Bertz CT molecular complexity index is 1080. The minimum absolute atomic E-state index is 0.00331. The number of alkyl halides is 3. The first-order valence-electron chi connectivity index (χ1n) is 11.5. The molecule has 2 heterocycles. The summed E-state index contributed by atoms with van der Waals surface area (Å²) in [7, 11) is 0. The third kappa shape index (κ3) is 4.59. The van der Waals surface area contributed by atoms with Crippen LogP contribution < -0.4 is 9.47 Å². The molecule has 2 unspecified atom stereocenters. The molecule has 2 atom stereocenters. The van der Waals surface area contributed by atoms with Crippen LogP contribution in [0.25, 0.3) is 0 Å². The number of hydrogen-bond acceptors (Lipinski definition) is 5. The van der Waals surface area contributed by atoms with Gasteiger partial charge in [-0.3, -0.25) is 9.69 Å². The molecule has 6 nitrogen and oxygen atoms in total. The first-order chi connectivity index (χ1) is 16.3. The van der Waals surface area contributed by atoms with Crippen molar-refractivity contribution in [2.45, 2.75) is 44.0 Å². The van der Waals surface area contributed by atoms with Gasteiger partial charge in [-0.2, -0.15) is 13.2 Å². The van der Waals surface area contributed by atoms with E-state index >= 15 is 0 Å². The number of hydrogen-bond donors (Lipinski definition) is 1. The Morgan fingerprint density at radius 3 is 2.65 bits per heavy atom. The summed E-state index contributed by atoms with van der Waals surface area (Å²) in [6, 6.07) is 8.06. The largest absolute Gasteiger partial charge is 0.492 e. The Morgan fingerprint density at radius 1 is 1.15 bits per heavy atom. The zero-order valence-corrected chi connectivity index (χ0v) is 18.6. The molecule has 0 aromatic heterocycles. The van der Waals surface area contributed by atoms with E-state index in [4.69, 9.17) is 19.3 Å². The maximum absolute atomic E-state index is 13.8. The van der Waals surface area contributed by atoms with Crippen LogP contribution in [0.2, 0.25) is 0 Å². The highest BCUT2D eigenvalue weighted by molar-refractivity contribution is 5.68. The van der Waals surface area contributed by atoms with E-state index in [9.17, 15) is 18.0 Å². The highest BCUT2D eigenvalue weighted by Crippen LogP contribution is 2.44. The van der Waals surface area contributed by atoms with Crippen molar-refractivity contribution in [1.82, 2.24) is 4.90 Å². The zero-order chi connectivity index (χ0) is 23.9. The molecule has 0 bridgehead atoms. The number of carboxylic acid groups (broad SMARTS) is 1.